The van der Waals surface area contributed by atoms with Crippen molar-refractivity contribution in [1.82, 2.24) is 21.3 Å². The Balaban J connectivity index is 2.35. The monoisotopic (exact) mass is 404 g/mol. The van der Waals surface area contributed by atoms with Crippen LogP contribution in [-0.4, -0.2) is 48.1 Å². The summed E-state index contributed by atoms with van der Waals surface area (Å²) in [5, 5.41) is 21.4. The van der Waals surface area contributed by atoms with Crippen LogP contribution in [0.1, 0.15) is 45.7 Å². The molecule has 4 amide bonds. The minimum Gasteiger partial charge on any atom is -0.507 e. The van der Waals surface area contributed by atoms with E-state index in [4.69, 9.17) is 0 Å². The number of benzene rings is 1. The minimum atomic E-state index is -0.922. The number of imide groups is 1. The second kappa shape index (κ2) is 8.82. The number of rotatable bonds is 7. The molecule has 1 saturated heterocycles. The predicted octanol–water partition coefficient (Wildman–Crippen LogP) is 1.17. The van der Waals surface area contributed by atoms with Crippen LogP contribution in [0.5, 0.6) is 5.75 Å². The number of phenolic OH excluding ortho intramolecular Hbond substituents is 1. The largest absolute Gasteiger partial charge is 0.507 e. The van der Waals surface area contributed by atoms with Gasteiger partial charge in [0.25, 0.3) is 5.91 Å². The van der Waals surface area contributed by atoms with Crippen molar-refractivity contribution in [3.8, 4) is 5.75 Å². The Kier molecular flexibility index (Phi) is 6.89. The molecule has 1 fully saturated rings. The maximum Gasteiger partial charge on any atom is 0.322 e. The molecule has 1 aliphatic rings. The molecule has 3 unspecified atom stereocenters. The molecule has 3 atom stereocenters. The van der Waals surface area contributed by atoms with Crippen LogP contribution in [0, 0.1) is 5.92 Å². The zero-order valence-corrected chi connectivity index (χ0v) is 17.9. The molecule has 8 nitrogen and oxygen atoms in total. The van der Waals surface area contributed by atoms with Gasteiger partial charge in [0, 0.05) is 0 Å². The van der Waals surface area contributed by atoms with Crippen LogP contribution < -0.4 is 21.3 Å². The lowest BCUT2D eigenvalue weighted by molar-refractivity contribution is -0.125. The van der Waals surface area contributed by atoms with Crippen LogP contribution in [0.2, 0.25) is 0 Å². The lowest BCUT2D eigenvalue weighted by Crippen LogP contribution is -2.56. The highest BCUT2D eigenvalue weighted by molar-refractivity contribution is 6.04. The van der Waals surface area contributed by atoms with Gasteiger partial charge in [-0.25, -0.2) is 4.79 Å². The van der Waals surface area contributed by atoms with E-state index in [9.17, 15) is 19.5 Å². The van der Waals surface area contributed by atoms with E-state index in [0.717, 1.165) is 5.56 Å². The molecule has 0 radical (unpaired) electrons. The van der Waals surface area contributed by atoms with Gasteiger partial charge >= 0.3 is 6.03 Å². The molecule has 0 saturated carbocycles. The number of phenols is 1. The molecule has 1 aromatic rings. The highest BCUT2D eigenvalue weighted by atomic mass is 16.3. The molecule has 1 aromatic carbocycles. The zero-order valence-electron chi connectivity index (χ0n) is 17.9. The van der Waals surface area contributed by atoms with Crippen molar-refractivity contribution >= 4 is 17.8 Å². The third-order valence-electron chi connectivity index (χ3n) is 5.16. The molecule has 1 heterocycles. The smallest absolute Gasteiger partial charge is 0.322 e. The lowest BCUT2D eigenvalue weighted by Gasteiger charge is -2.28. The van der Waals surface area contributed by atoms with Gasteiger partial charge in [-0.05, 0) is 35.9 Å². The highest BCUT2D eigenvalue weighted by Gasteiger charge is 2.38. The van der Waals surface area contributed by atoms with E-state index in [1.54, 1.807) is 13.1 Å². The number of hydrogen-bond donors (Lipinski definition) is 5. The SMILES string of the molecule is CNC(C(=O)NC(Cc1cccc(C(C)(C)C)c1O)C1NC(=O)NC1=O)C(C)C. The van der Waals surface area contributed by atoms with Crippen molar-refractivity contribution in [3.63, 3.8) is 0 Å². The number of aromatic hydroxyl groups is 1. The van der Waals surface area contributed by atoms with Gasteiger partial charge in [0.15, 0.2) is 0 Å². The zero-order chi connectivity index (χ0) is 21.9. The second-order valence-corrected chi connectivity index (χ2v) is 8.83. The van der Waals surface area contributed by atoms with E-state index in [1.165, 1.54) is 0 Å². The molecule has 0 bridgehead atoms. The lowest BCUT2D eigenvalue weighted by atomic mass is 9.84. The van der Waals surface area contributed by atoms with Crippen LogP contribution in [0.4, 0.5) is 4.79 Å². The van der Waals surface area contributed by atoms with Gasteiger partial charge in [0.1, 0.15) is 11.8 Å². The number of carbonyl (C=O) groups is 3. The van der Waals surface area contributed by atoms with Crippen LogP contribution in [-0.2, 0) is 21.4 Å². The van der Waals surface area contributed by atoms with Gasteiger partial charge < -0.3 is 21.1 Å². The summed E-state index contributed by atoms with van der Waals surface area (Å²) in [7, 11) is 1.70. The molecular weight excluding hydrogens is 372 g/mol. The standard InChI is InChI=1S/C21H32N4O4/c1-11(2)15(22-6)18(27)23-14(16-19(28)25-20(29)24-16)10-12-8-7-9-13(17(12)26)21(3,4)5/h7-9,11,14-16,22,26H,10H2,1-6H3,(H,23,27)(H2,24,25,28,29). The third-order valence-corrected chi connectivity index (χ3v) is 5.16. The maximum absolute atomic E-state index is 12.8. The van der Waals surface area contributed by atoms with E-state index in [2.05, 4.69) is 21.3 Å². The van der Waals surface area contributed by atoms with Gasteiger partial charge in [-0.2, -0.15) is 0 Å². The van der Waals surface area contributed by atoms with Crippen molar-refractivity contribution in [2.75, 3.05) is 7.05 Å². The molecule has 2 rings (SSSR count). The van der Waals surface area contributed by atoms with Crippen molar-refractivity contribution in [3.05, 3.63) is 29.3 Å². The Bertz CT molecular complexity index is 785. The number of amides is 4. The topological polar surface area (TPSA) is 120 Å². The fourth-order valence-corrected chi connectivity index (χ4v) is 3.61. The predicted molar refractivity (Wildman–Crippen MR) is 111 cm³/mol. The summed E-state index contributed by atoms with van der Waals surface area (Å²) in [6.07, 6.45) is 0.189. The highest BCUT2D eigenvalue weighted by Crippen LogP contribution is 2.33. The average Bonchev–Trinajstić information content (AvgIpc) is 2.93. The fourth-order valence-electron chi connectivity index (χ4n) is 3.61. The summed E-state index contributed by atoms with van der Waals surface area (Å²) in [4.78, 5) is 36.7. The molecule has 29 heavy (non-hydrogen) atoms. The molecule has 160 valence electrons. The van der Waals surface area contributed by atoms with Crippen molar-refractivity contribution in [1.29, 1.82) is 0 Å². The van der Waals surface area contributed by atoms with Gasteiger partial charge in [-0.15, -0.1) is 0 Å². The molecule has 0 spiro atoms. The Morgan fingerprint density at radius 1 is 1.24 bits per heavy atom. The summed E-state index contributed by atoms with van der Waals surface area (Å²) in [6.45, 7) is 9.82. The number of hydrogen-bond acceptors (Lipinski definition) is 5. The summed E-state index contributed by atoms with van der Waals surface area (Å²) < 4.78 is 0. The van der Waals surface area contributed by atoms with E-state index in [-0.39, 0.29) is 29.4 Å². The van der Waals surface area contributed by atoms with Crippen LogP contribution in [0.15, 0.2) is 18.2 Å². The molecule has 5 N–H and O–H groups in total. The first-order chi connectivity index (χ1) is 13.5. The minimum absolute atomic E-state index is 0.0327. The second-order valence-electron chi connectivity index (χ2n) is 8.83. The van der Waals surface area contributed by atoms with Crippen LogP contribution in [0.3, 0.4) is 0 Å². The number of likely N-dealkylation sites (N-methyl/N-ethyl adjacent to an activating group) is 1. The summed E-state index contributed by atoms with van der Waals surface area (Å²) in [5.74, 6) is -0.603. The third kappa shape index (κ3) is 5.26. The van der Waals surface area contributed by atoms with E-state index >= 15 is 0 Å². The van der Waals surface area contributed by atoms with Crippen molar-refractivity contribution in [2.45, 2.75) is 64.6 Å². The van der Waals surface area contributed by atoms with E-state index < -0.39 is 30.1 Å². The van der Waals surface area contributed by atoms with Gasteiger partial charge in [0.05, 0.1) is 12.1 Å². The van der Waals surface area contributed by atoms with Gasteiger partial charge in [-0.1, -0.05) is 52.8 Å². The quantitative estimate of drug-likeness (QED) is 0.437. The average molecular weight is 405 g/mol. The number of carbonyl (C=O) groups excluding carboxylic acids is 3. The Morgan fingerprint density at radius 2 is 1.90 bits per heavy atom. The summed E-state index contributed by atoms with van der Waals surface area (Å²) in [5.41, 5.74) is 1.10. The first kappa shape index (κ1) is 22.7. The number of nitrogens with one attached hydrogen (secondary N) is 4. The number of para-hydroxylation sites is 1. The van der Waals surface area contributed by atoms with E-state index in [1.807, 2.05) is 46.8 Å². The molecule has 1 aliphatic heterocycles. The van der Waals surface area contributed by atoms with Crippen LogP contribution >= 0.6 is 0 Å². The van der Waals surface area contributed by atoms with Crippen LogP contribution in [0.25, 0.3) is 0 Å². The van der Waals surface area contributed by atoms with Crippen molar-refractivity contribution in [2.24, 2.45) is 5.92 Å². The number of urea groups is 1. The Labute approximate surface area is 171 Å². The first-order valence-corrected chi connectivity index (χ1v) is 9.86. The molecule has 8 heteroatoms. The molecule has 0 aliphatic carbocycles. The van der Waals surface area contributed by atoms with Gasteiger partial charge in [0.2, 0.25) is 5.91 Å². The van der Waals surface area contributed by atoms with Gasteiger partial charge in [-0.3, -0.25) is 14.9 Å². The summed E-state index contributed by atoms with van der Waals surface area (Å²) >= 11 is 0. The Morgan fingerprint density at radius 3 is 2.38 bits per heavy atom. The van der Waals surface area contributed by atoms with E-state index in [0.29, 0.717) is 5.56 Å². The normalized spacial score (nSPS) is 18.9. The van der Waals surface area contributed by atoms with Crippen molar-refractivity contribution < 1.29 is 19.5 Å². The Hall–Kier alpha value is -2.61. The molecule has 0 aromatic heterocycles. The molecular formula is C21H32N4O4. The maximum atomic E-state index is 12.8. The first-order valence-electron chi connectivity index (χ1n) is 9.86. The fraction of sp³-hybridized carbons (Fsp3) is 0.571. The summed E-state index contributed by atoms with van der Waals surface area (Å²) in [6, 6.07) is 2.77.